The van der Waals surface area contributed by atoms with Gasteiger partial charge in [-0.05, 0) is 73.5 Å². The number of halogens is 1. The van der Waals surface area contributed by atoms with Crippen LogP contribution < -0.4 is 11.1 Å². The zero-order chi connectivity index (χ0) is 20.1. The van der Waals surface area contributed by atoms with Crippen molar-refractivity contribution >= 4 is 33.2 Å². The fourth-order valence-corrected chi connectivity index (χ4v) is 8.12. The third-order valence-electron chi connectivity index (χ3n) is 5.91. The van der Waals surface area contributed by atoms with Gasteiger partial charge in [-0.15, -0.1) is 11.8 Å². The zero-order valence-electron chi connectivity index (χ0n) is 15.3. The lowest BCUT2D eigenvalue weighted by atomic mass is 9.72. The minimum Gasteiger partial charge on any atom is -0.381 e. The summed E-state index contributed by atoms with van der Waals surface area (Å²) in [5, 5.41) is 3.44. The van der Waals surface area contributed by atoms with Crippen LogP contribution in [0.5, 0.6) is 0 Å². The molecule has 2 aromatic rings. The summed E-state index contributed by atoms with van der Waals surface area (Å²) >= 11 is 1.42. The molecule has 2 aliphatic rings. The summed E-state index contributed by atoms with van der Waals surface area (Å²) in [4.78, 5) is 11.8. The number of anilines is 1. The summed E-state index contributed by atoms with van der Waals surface area (Å²) in [5.41, 5.74) is 7.35. The maximum absolute atomic E-state index is 13.2. The van der Waals surface area contributed by atoms with E-state index < -0.39 is 31.6 Å². The summed E-state index contributed by atoms with van der Waals surface area (Å²) < 4.78 is 39.0. The second-order valence-electron chi connectivity index (χ2n) is 7.40. The van der Waals surface area contributed by atoms with Gasteiger partial charge >= 0.3 is 0 Å². The Bertz CT molecular complexity index is 1040. The highest BCUT2D eigenvalue weighted by molar-refractivity contribution is 8.13. The average Bonchev–Trinajstić information content (AvgIpc) is 2.93. The van der Waals surface area contributed by atoms with E-state index in [0.29, 0.717) is 17.7 Å². The topological polar surface area (TPSA) is 89.3 Å². The number of hydrogen-bond donors (Lipinski definition) is 2. The molecule has 2 heterocycles. The highest BCUT2D eigenvalue weighted by Crippen LogP contribution is 2.53. The van der Waals surface area contributed by atoms with Crippen LogP contribution >= 0.6 is 11.8 Å². The molecule has 0 aliphatic carbocycles. The predicted molar refractivity (Wildman–Crippen MR) is 109 cm³/mol. The van der Waals surface area contributed by atoms with E-state index in [0.717, 1.165) is 17.7 Å². The van der Waals surface area contributed by atoms with Crippen molar-refractivity contribution in [1.29, 1.82) is 0 Å². The third-order valence-corrected chi connectivity index (χ3v) is 9.85. The number of benzene rings is 2. The molecule has 1 spiro atoms. The molecular formula is C20H21FN2O3S2. The third kappa shape index (κ3) is 2.99. The molecule has 3 unspecified atom stereocenters. The molecule has 2 aliphatic heterocycles. The van der Waals surface area contributed by atoms with Crippen molar-refractivity contribution in [3.05, 3.63) is 59.4 Å². The first-order chi connectivity index (χ1) is 13.2. The van der Waals surface area contributed by atoms with E-state index in [1.54, 1.807) is 12.1 Å². The fraction of sp³-hybridized carbons (Fsp3) is 0.350. The monoisotopic (exact) mass is 420 g/mol. The average molecular weight is 421 g/mol. The molecular weight excluding hydrogens is 399 g/mol. The van der Waals surface area contributed by atoms with E-state index in [1.165, 1.54) is 36.0 Å². The van der Waals surface area contributed by atoms with E-state index >= 15 is 0 Å². The van der Waals surface area contributed by atoms with E-state index in [9.17, 15) is 17.6 Å². The molecule has 2 aromatic carbocycles. The minimum absolute atomic E-state index is 0.0254. The molecule has 1 fully saturated rings. The molecule has 1 saturated heterocycles. The molecule has 3 atom stereocenters. The van der Waals surface area contributed by atoms with Crippen LogP contribution in [-0.4, -0.2) is 30.7 Å². The number of carbonyl (C=O) groups is 1. The van der Waals surface area contributed by atoms with Gasteiger partial charge in [0.15, 0.2) is 9.84 Å². The van der Waals surface area contributed by atoms with Gasteiger partial charge in [-0.3, -0.25) is 4.79 Å². The molecule has 5 nitrogen and oxygen atoms in total. The van der Waals surface area contributed by atoms with Crippen molar-refractivity contribution in [2.24, 2.45) is 5.73 Å². The molecule has 148 valence electrons. The van der Waals surface area contributed by atoms with Gasteiger partial charge in [0.1, 0.15) is 10.4 Å². The summed E-state index contributed by atoms with van der Waals surface area (Å²) in [6, 6.07) is 10.3. The van der Waals surface area contributed by atoms with Crippen molar-refractivity contribution in [1.82, 2.24) is 0 Å². The van der Waals surface area contributed by atoms with E-state index in [4.69, 9.17) is 5.73 Å². The van der Waals surface area contributed by atoms with Crippen LogP contribution in [-0.2, 0) is 15.3 Å². The Morgan fingerprint density at radius 2 is 1.96 bits per heavy atom. The normalized spacial score (nSPS) is 26.6. The Kier molecular flexibility index (Phi) is 4.66. The van der Waals surface area contributed by atoms with Crippen LogP contribution in [0.25, 0.3) is 0 Å². The quantitative estimate of drug-likeness (QED) is 0.744. The number of primary amides is 1. The number of nitrogens with two attached hydrogens (primary N) is 1. The van der Waals surface area contributed by atoms with Crippen molar-refractivity contribution in [2.45, 2.75) is 40.7 Å². The van der Waals surface area contributed by atoms with Crippen LogP contribution in [0.4, 0.5) is 10.1 Å². The number of thioether (sulfide) groups is 1. The van der Waals surface area contributed by atoms with E-state index in [2.05, 4.69) is 5.32 Å². The van der Waals surface area contributed by atoms with E-state index in [1.807, 2.05) is 13.0 Å². The fourth-order valence-electron chi connectivity index (χ4n) is 4.28. The van der Waals surface area contributed by atoms with E-state index in [-0.39, 0.29) is 10.9 Å². The van der Waals surface area contributed by atoms with Crippen molar-refractivity contribution in [2.75, 3.05) is 11.1 Å². The number of hydrogen-bond acceptors (Lipinski definition) is 5. The highest BCUT2D eigenvalue weighted by atomic mass is 32.3. The maximum atomic E-state index is 13.2. The maximum Gasteiger partial charge on any atom is 0.248 e. The van der Waals surface area contributed by atoms with Crippen molar-refractivity contribution < 1.29 is 17.6 Å². The molecule has 0 aromatic heterocycles. The number of sulfone groups is 1. The summed E-state index contributed by atoms with van der Waals surface area (Å²) in [5.74, 6) is -0.288. The number of rotatable bonds is 3. The van der Waals surface area contributed by atoms with Gasteiger partial charge in [0.2, 0.25) is 5.91 Å². The van der Waals surface area contributed by atoms with Gasteiger partial charge < -0.3 is 11.1 Å². The second-order valence-corrected chi connectivity index (χ2v) is 11.1. The number of amides is 1. The Hall–Kier alpha value is -2.06. The van der Waals surface area contributed by atoms with Gasteiger partial charge in [-0.25, -0.2) is 12.8 Å². The molecule has 3 N–H and O–H groups in total. The van der Waals surface area contributed by atoms with Crippen molar-refractivity contribution in [3.63, 3.8) is 0 Å². The summed E-state index contributed by atoms with van der Waals surface area (Å²) in [7, 11) is -3.62. The SMILES string of the molecule is CC1Nc2ccc(C(N)=O)cc2C12CCSC(S(=O)(=O)c1ccc(F)cc1)C2. The molecule has 0 saturated carbocycles. The van der Waals surface area contributed by atoms with Crippen LogP contribution in [0.1, 0.15) is 35.7 Å². The summed E-state index contributed by atoms with van der Waals surface area (Å²) in [6.45, 7) is 2.04. The van der Waals surface area contributed by atoms with Gasteiger partial charge in [-0.2, -0.15) is 0 Å². The van der Waals surface area contributed by atoms with Gasteiger partial charge in [-0.1, -0.05) is 0 Å². The predicted octanol–water partition coefficient (Wildman–Crippen LogP) is 3.30. The number of nitrogens with one attached hydrogen (secondary N) is 1. The minimum atomic E-state index is -3.62. The number of carbonyl (C=O) groups excluding carboxylic acids is 1. The first-order valence-electron chi connectivity index (χ1n) is 9.06. The Morgan fingerprint density at radius 1 is 1.25 bits per heavy atom. The molecule has 0 bridgehead atoms. The van der Waals surface area contributed by atoms with Gasteiger partial charge in [0.05, 0.1) is 4.90 Å². The van der Waals surface area contributed by atoms with Crippen LogP contribution in [0.2, 0.25) is 0 Å². The van der Waals surface area contributed by atoms with Crippen LogP contribution in [0.3, 0.4) is 0 Å². The highest BCUT2D eigenvalue weighted by Gasteiger charge is 2.50. The van der Waals surface area contributed by atoms with Crippen LogP contribution in [0.15, 0.2) is 47.4 Å². The Labute approximate surface area is 167 Å². The Balaban J connectivity index is 1.74. The second kappa shape index (κ2) is 6.77. The molecule has 28 heavy (non-hydrogen) atoms. The standard InChI is InChI=1S/C20H21FN2O3S2/c1-12-20(16-10-13(19(22)24)2-7-17(16)23-12)8-9-27-18(11-20)28(25,26)15-5-3-14(21)4-6-15/h2-7,10,12,18,23H,8-9,11H2,1H3,(H2,22,24). The smallest absolute Gasteiger partial charge is 0.248 e. The van der Waals surface area contributed by atoms with Crippen molar-refractivity contribution in [3.8, 4) is 0 Å². The first-order valence-corrected chi connectivity index (χ1v) is 11.7. The molecule has 0 radical (unpaired) electrons. The zero-order valence-corrected chi connectivity index (χ0v) is 16.9. The lowest BCUT2D eigenvalue weighted by molar-refractivity contribution is 0.1000. The largest absolute Gasteiger partial charge is 0.381 e. The van der Waals surface area contributed by atoms with Gasteiger partial charge in [0.25, 0.3) is 0 Å². The Morgan fingerprint density at radius 3 is 2.64 bits per heavy atom. The molecule has 8 heteroatoms. The molecule has 4 rings (SSSR count). The van der Waals surface area contributed by atoms with Gasteiger partial charge in [0, 0.05) is 22.7 Å². The first kappa shape index (κ1) is 19.3. The lowest BCUT2D eigenvalue weighted by Gasteiger charge is -2.41. The number of fused-ring (bicyclic) bond motifs is 2. The lowest BCUT2D eigenvalue weighted by Crippen LogP contribution is -2.44. The van der Waals surface area contributed by atoms with Crippen LogP contribution in [0, 0.1) is 5.82 Å². The summed E-state index contributed by atoms with van der Waals surface area (Å²) in [6.07, 6.45) is 1.22. The molecule has 1 amide bonds.